The number of nitrogens with two attached hydrogens (primary N) is 2. The van der Waals surface area contributed by atoms with Crippen molar-refractivity contribution in [3.63, 3.8) is 0 Å². The fourth-order valence-electron chi connectivity index (χ4n) is 2.56. The summed E-state index contributed by atoms with van der Waals surface area (Å²) in [5.41, 5.74) is 13.1. The Morgan fingerprint density at radius 3 is 2.65 bits per heavy atom. The smallest absolute Gasteiger partial charge is 0.239 e. The number of amidine groups is 1. The van der Waals surface area contributed by atoms with Crippen molar-refractivity contribution in [2.24, 2.45) is 11.5 Å². The number of nitrogens with one attached hydrogen (secondary N) is 1. The van der Waals surface area contributed by atoms with Crippen molar-refractivity contribution >= 4 is 11.7 Å². The maximum absolute atomic E-state index is 12.3. The molecule has 0 aliphatic carbocycles. The molecule has 1 aromatic carbocycles. The van der Waals surface area contributed by atoms with E-state index in [1.54, 1.807) is 6.07 Å². The largest absolute Gasteiger partial charge is 0.384 e. The minimum Gasteiger partial charge on any atom is -0.384 e. The van der Waals surface area contributed by atoms with Gasteiger partial charge in [-0.15, -0.1) is 0 Å². The van der Waals surface area contributed by atoms with Gasteiger partial charge in [-0.25, -0.2) is 0 Å². The Bertz CT molecular complexity index is 494. The van der Waals surface area contributed by atoms with Gasteiger partial charge in [-0.05, 0) is 37.3 Å². The van der Waals surface area contributed by atoms with E-state index in [1.165, 1.54) is 6.42 Å². The van der Waals surface area contributed by atoms with E-state index < -0.39 is 6.04 Å². The number of nitrogen functional groups attached to an aromatic ring is 1. The molecule has 2 rings (SSSR count). The summed E-state index contributed by atoms with van der Waals surface area (Å²) < 4.78 is 0. The number of rotatable bonds is 4. The first-order valence-corrected chi connectivity index (χ1v) is 7.05. The van der Waals surface area contributed by atoms with Gasteiger partial charge in [0.05, 0.1) is 6.04 Å². The van der Waals surface area contributed by atoms with Crippen LogP contribution in [-0.4, -0.2) is 35.8 Å². The molecule has 5 nitrogen and oxygen atoms in total. The van der Waals surface area contributed by atoms with Gasteiger partial charge in [-0.3, -0.25) is 10.2 Å². The lowest BCUT2D eigenvalue weighted by Gasteiger charge is -2.29. The molecule has 1 heterocycles. The van der Waals surface area contributed by atoms with Crippen molar-refractivity contribution in [2.75, 3.05) is 13.1 Å². The summed E-state index contributed by atoms with van der Waals surface area (Å²) in [6.45, 7) is 1.64. The highest BCUT2D eigenvalue weighted by Crippen LogP contribution is 2.12. The summed E-state index contributed by atoms with van der Waals surface area (Å²) in [6.07, 6.45) is 3.81. The minimum absolute atomic E-state index is 0.0259. The van der Waals surface area contributed by atoms with E-state index >= 15 is 0 Å². The quantitative estimate of drug-likeness (QED) is 0.561. The first kappa shape index (κ1) is 14.5. The molecule has 0 unspecified atom stereocenters. The molecule has 1 fully saturated rings. The van der Waals surface area contributed by atoms with Crippen LogP contribution in [0.3, 0.4) is 0 Å². The summed E-state index contributed by atoms with van der Waals surface area (Å²) in [4.78, 5) is 14.1. The molecular weight excluding hydrogens is 252 g/mol. The normalized spacial score (nSPS) is 16.8. The Kier molecular flexibility index (Phi) is 4.74. The van der Waals surface area contributed by atoms with E-state index in [0.717, 1.165) is 31.5 Å². The molecule has 5 N–H and O–H groups in total. The molecule has 20 heavy (non-hydrogen) atoms. The van der Waals surface area contributed by atoms with Crippen LogP contribution in [-0.2, 0) is 11.2 Å². The maximum Gasteiger partial charge on any atom is 0.239 e. The second-order valence-electron chi connectivity index (χ2n) is 5.31. The molecule has 1 aromatic rings. The number of hydrogen-bond acceptors (Lipinski definition) is 3. The molecule has 0 spiro atoms. The zero-order valence-electron chi connectivity index (χ0n) is 11.6. The fraction of sp³-hybridized carbons (Fsp3) is 0.467. The van der Waals surface area contributed by atoms with E-state index in [1.807, 2.05) is 23.1 Å². The van der Waals surface area contributed by atoms with Crippen LogP contribution < -0.4 is 11.5 Å². The molecule has 1 amide bonds. The summed E-state index contributed by atoms with van der Waals surface area (Å²) in [5, 5.41) is 7.43. The topological polar surface area (TPSA) is 96.2 Å². The molecule has 5 heteroatoms. The highest BCUT2D eigenvalue weighted by molar-refractivity contribution is 5.95. The number of carbonyl (C=O) groups excluding carboxylic acids is 1. The predicted octanol–water partition coefficient (Wildman–Crippen LogP) is 0.853. The molecule has 0 saturated carbocycles. The third-order valence-corrected chi connectivity index (χ3v) is 3.68. The van der Waals surface area contributed by atoms with Crippen LogP contribution in [0.2, 0.25) is 0 Å². The molecule has 108 valence electrons. The van der Waals surface area contributed by atoms with Gasteiger partial charge in [0.1, 0.15) is 5.84 Å². The van der Waals surface area contributed by atoms with E-state index in [9.17, 15) is 4.79 Å². The van der Waals surface area contributed by atoms with E-state index in [0.29, 0.717) is 12.0 Å². The Morgan fingerprint density at radius 1 is 1.30 bits per heavy atom. The van der Waals surface area contributed by atoms with Gasteiger partial charge in [0.25, 0.3) is 0 Å². The number of amides is 1. The zero-order valence-corrected chi connectivity index (χ0v) is 11.6. The van der Waals surface area contributed by atoms with Crippen molar-refractivity contribution < 1.29 is 4.79 Å². The number of hydrogen-bond donors (Lipinski definition) is 3. The van der Waals surface area contributed by atoms with Crippen molar-refractivity contribution in [2.45, 2.75) is 31.7 Å². The third-order valence-electron chi connectivity index (χ3n) is 3.68. The van der Waals surface area contributed by atoms with Crippen molar-refractivity contribution in [3.05, 3.63) is 35.4 Å². The first-order valence-electron chi connectivity index (χ1n) is 7.05. The minimum atomic E-state index is -0.518. The highest BCUT2D eigenvalue weighted by Gasteiger charge is 2.22. The lowest BCUT2D eigenvalue weighted by atomic mass is 10.0. The molecule has 1 aliphatic rings. The van der Waals surface area contributed by atoms with Gasteiger partial charge in [0.2, 0.25) is 5.91 Å². The average Bonchev–Trinajstić information content (AvgIpc) is 2.47. The fourth-order valence-corrected chi connectivity index (χ4v) is 2.56. The van der Waals surface area contributed by atoms with Crippen LogP contribution in [0.4, 0.5) is 0 Å². The second kappa shape index (κ2) is 6.52. The Hall–Kier alpha value is -1.88. The SMILES string of the molecule is N=C(N)c1cccc(C[C@H](N)C(=O)N2CCCCC2)c1. The van der Waals surface area contributed by atoms with Gasteiger partial charge in [0.15, 0.2) is 0 Å². The molecule has 1 aliphatic heterocycles. The zero-order chi connectivity index (χ0) is 14.5. The van der Waals surface area contributed by atoms with Gasteiger partial charge >= 0.3 is 0 Å². The third kappa shape index (κ3) is 3.57. The van der Waals surface area contributed by atoms with Gasteiger partial charge in [0, 0.05) is 18.7 Å². The number of carbonyl (C=O) groups is 1. The molecular formula is C15H22N4O. The summed E-state index contributed by atoms with van der Waals surface area (Å²) in [6, 6.07) is 6.84. The first-order chi connectivity index (χ1) is 9.58. The van der Waals surface area contributed by atoms with Crippen LogP contribution >= 0.6 is 0 Å². The standard InChI is InChI=1S/C15H22N4O/c16-13(15(20)19-7-2-1-3-8-19)10-11-5-4-6-12(9-11)14(17)18/h4-6,9,13H,1-3,7-8,10,16H2,(H3,17,18)/t13-/m0/s1. The predicted molar refractivity (Wildman–Crippen MR) is 79.6 cm³/mol. The van der Waals surface area contributed by atoms with Crippen LogP contribution in [0, 0.1) is 5.41 Å². The maximum atomic E-state index is 12.3. The van der Waals surface area contributed by atoms with Crippen molar-refractivity contribution in [1.82, 2.24) is 4.90 Å². The van der Waals surface area contributed by atoms with Gasteiger partial charge in [-0.2, -0.15) is 0 Å². The Balaban J connectivity index is 1.99. The Morgan fingerprint density at radius 2 is 2.00 bits per heavy atom. The number of benzene rings is 1. The monoisotopic (exact) mass is 274 g/mol. The summed E-state index contributed by atoms with van der Waals surface area (Å²) in [5.74, 6) is 0.0562. The highest BCUT2D eigenvalue weighted by atomic mass is 16.2. The lowest BCUT2D eigenvalue weighted by molar-refractivity contribution is -0.133. The van der Waals surface area contributed by atoms with Crippen LogP contribution in [0.25, 0.3) is 0 Å². The average molecular weight is 274 g/mol. The van der Waals surface area contributed by atoms with Crippen LogP contribution in [0.15, 0.2) is 24.3 Å². The number of likely N-dealkylation sites (tertiary alicyclic amines) is 1. The second-order valence-corrected chi connectivity index (χ2v) is 5.31. The van der Waals surface area contributed by atoms with Gasteiger partial charge < -0.3 is 16.4 Å². The molecule has 1 saturated heterocycles. The Labute approximate surface area is 119 Å². The molecule has 0 radical (unpaired) electrons. The number of nitrogens with zero attached hydrogens (tertiary/aromatic N) is 1. The van der Waals surface area contributed by atoms with Crippen molar-refractivity contribution in [1.29, 1.82) is 5.41 Å². The van der Waals surface area contributed by atoms with Gasteiger partial charge in [-0.1, -0.05) is 18.2 Å². The van der Waals surface area contributed by atoms with E-state index in [-0.39, 0.29) is 11.7 Å². The summed E-state index contributed by atoms with van der Waals surface area (Å²) >= 11 is 0. The van der Waals surface area contributed by atoms with E-state index in [4.69, 9.17) is 16.9 Å². The molecule has 0 aromatic heterocycles. The summed E-state index contributed by atoms with van der Waals surface area (Å²) in [7, 11) is 0. The molecule has 0 bridgehead atoms. The van der Waals surface area contributed by atoms with E-state index in [2.05, 4.69) is 0 Å². The molecule has 1 atom stereocenters. The number of piperidine rings is 1. The lowest BCUT2D eigenvalue weighted by Crippen LogP contribution is -2.46. The van der Waals surface area contributed by atoms with Crippen LogP contribution in [0.5, 0.6) is 0 Å². The van der Waals surface area contributed by atoms with Crippen molar-refractivity contribution in [3.8, 4) is 0 Å². The van der Waals surface area contributed by atoms with Crippen LogP contribution in [0.1, 0.15) is 30.4 Å².